The summed E-state index contributed by atoms with van der Waals surface area (Å²) in [6.45, 7) is 6.47. The van der Waals surface area contributed by atoms with Crippen molar-refractivity contribution in [2.75, 3.05) is 13.2 Å². The van der Waals surface area contributed by atoms with Crippen molar-refractivity contribution in [1.82, 2.24) is 0 Å². The Morgan fingerprint density at radius 1 is 0.289 bits per heavy atom. The zero-order valence-corrected chi connectivity index (χ0v) is 50.3. The third-order valence-electron chi connectivity index (χ3n) is 14.2. The molecule has 6 heteroatoms. The van der Waals surface area contributed by atoms with Crippen molar-refractivity contribution in [3.05, 3.63) is 85.1 Å². The molecular weight excluding hydrogens is 937 g/mol. The number of rotatable bonds is 59. The Morgan fingerprint density at radius 3 is 0.921 bits per heavy atom. The first-order chi connectivity index (χ1) is 37.5. The number of unbranched alkanes of at least 4 members (excludes halogenated alkanes) is 35. The number of esters is 3. The first kappa shape index (κ1) is 72.6. The van der Waals surface area contributed by atoms with E-state index < -0.39 is 12.1 Å². The van der Waals surface area contributed by atoms with Gasteiger partial charge in [0.25, 0.3) is 0 Å². The summed E-state index contributed by atoms with van der Waals surface area (Å²) >= 11 is 0. The topological polar surface area (TPSA) is 78.9 Å². The highest BCUT2D eigenvalue weighted by Crippen LogP contribution is 2.17. The minimum Gasteiger partial charge on any atom is -0.462 e. The number of ether oxygens (including phenoxy) is 3. The van der Waals surface area contributed by atoms with E-state index in [2.05, 4.69) is 93.7 Å². The summed E-state index contributed by atoms with van der Waals surface area (Å²) in [4.78, 5) is 38.3. The van der Waals surface area contributed by atoms with Gasteiger partial charge in [0.05, 0.1) is 6.42 Å². The Kier molecular flexibility index (Phi) is 61.2. The first-order valence-electron chi connectivity index (χ1n) is 32.6. The molecule has 0 aliphatic heterocycles. The highest BCUT2D eigenvalue weighted by Gasteiger charge is 2.19. The molecule has 0 aromatic heterocycles. The predicted octanol–water partition coefficient (Wildman–Crippen LogP) is 22.3. The molecule has 0 fully saturated rings. The smallest absolute Gasteiger partial charge is 0.309 e. The van der Waals surface area contributed by atoms with Crippen LogP contribution in [-0.2, 0) is 28.6 Å². The third-order valence-corrected chi connectivity index (χ3v) is 14.2. The van der Waals surface area contributed by atoms with Gasteiger partial charge in [0, 0.05) is 12.8 Å². The average molecular weight is 1060 g/mol. The molecule has 0 aromatic rings. The lowest BCUT2D eigenvalue weighted by molar-refractivity contribution is -0.166. The maximum atomic E-state index is 12.9. The zero-order valence-electron chi connectivity index (χ0n) is 50.3. The normalized spacial score (nSPS) is 12.6. The molecular formula is C70H122O6. The summed E-state index contributed by atoms with van der Waals surface area (Å²) in [5.74, 6) is -1.03. The highest BCUT2D eigenvalue weighted by molar-refractivity contribution is 5.72. The fraction of sp³-hybridized carbons (Fsp3) is 0.757. The number of hydrogen-bond acceptors (Lipinski definition) is 6. The largest absolute Gasteiger partial charge is 0.462 e. The van der Waals surface area contributed by atoms with Gasteiger partial charge < -0.3 is 14.2 Å². The van der Waals surface area contributed by atoms with Crippen LogP contribution in [0.3, 0.4) is 0 Å². The van der Waals surface area contributed by atoms with Crippen LogP contribution in [0.1, 0.15) is 323 Å². The molecule has 0 rings (SSSR count). The fourth-order valence-corrected chi connectivity index (χ4v) is 9.31. The summed E-state index contributed by atoms with van der Waals surface area (Å²) in [6, 6.07) is 0. The van der Waals surface area contributed by atoms with Gasteiger partial charge >= 0.3 is 17.9 Å². The van der Waals surface area contributed by atoms with E-state index in [1.165, 1.54) is 205 Å². The summed E-state index contributed by atoms with van der Waals surface area (Å²) in [7, 11) is 0. The van der Waals surface area contributed by atoms with Gasteiger partial charge in [-0.25, -0.2) is 0 Å². The molecule has 0 saturated carbocycles. The summed E-state index contributed by atoms with van der Waals surface area (Å²) in [6.07, 6.45) is 84.8. The minimum atomic E-state index is -0.819. The minimum absolute atomic E-state index is 0.105. The van der Waals surface area contributed by atoms with Gasteiger partial charge in [-0.3, -0.25) is 14.4 Å². The number of allylic oxidation sites excluding steroid dienone is 13. The quantitative estimate of drug-likeness (QED) is 0.0261. The van der Waals surface area contributed by atoms with E-state index in [-0.39, 0.29) is 31.6 Å². The molecule has 0 saturated heterocycles. The summed E-state index contributed by atoms with van der Waals surface area (Å²) in [5.41, 5.74) is 0. The van der Waals surface area contributed by atoms with Gasteiger partial charge in [-0.05, 0) is 77.0 Å². The van der Waals surface area contributed by atoms with Crippen molar-refractivity contribution in [2.45, 2.75) is 329 Å². The van der Waals surface area contributed by atoms with Crippen molar-refractivity contribution in [3.63, 3.8) is 0 Å². The molecule has 76 heavy (non-hydrogen) atoms. The van der Waals surface area contributed by atoms with E-state index >= 15 is 0 Å². The predicted molar refractivity (Wildman–Crippen MR) is 330 cm³/mol. The molecule has 0 aromatic carbocycles. The second-order valence-corrected chi connectivity index (χ2v) is 21.7. The lowest BCUT2D eigenvalue weighted by Crippen LogP contribution is -2.30. The number of hydrogen-bond donors (Lipinski definition) is 0. The second kappa shape index (κ2) is 64.1. The van der Waals surface area contributed by atoms with Crippen LogP contribution >= 0.6 is 0 Å². The van der Waals surface area contributed by atoms with Crippen LogP contribution in [0.5, 0.6) is 0 Å². The Labute approximate surface area is 471 Å². The van der Waals surface area contributed by atoms with Crippen molar-refractivity contribution >= 4 is 17.9 Å². The number of carbonyl (C=O) groups excluding carboxylic acids is 3. The van der Waals surface area contributed by atoms with Crippen molar-refractivity contribution in [3.8, 4) is 0 Å². The van der Waals surface area contributed by atoms with Gasteiger partial charge in [-0.15, -0.1) is 0 Å². The molecule has 0 N–H and O–H groups in total. The molecule has 0 bridgehead atoms. The summed E-state index contributed by atoms with van der Waals surface area (Å²) < 4.78 is 16.8. The Morgan fingerprint density at radius 2 is 0.566 bits per heavy atom. The summed E-state index contributed by atoms with van der Waals surface area (Å²) in [5, 5.41) is 0. The second-order valence-electron chi connectivity index (χ2n) is 21.7. The van der Waals surface area contributed by atoms with Gasteiger partial charge in [0.15, 0.2) is 6.10 Å². The SMILES string of the molecule is CC/C=C\C/C=C\C/C=C\C/C=C\C/C=C\CC(=O)OCC(COC(=O)CCCCCCCCCCCCCCCCCCCCCCCC)OC(=O)CCCCCCCCCCC/C=C\C/C=C\CCCCCCC. The van der Waals surface area contributed by atoms with E-state index in [0.29, 0.717) is 12.8 Å². The molecule has 0 spiro atoms. The molecule has 6 nitrogen and oxygen atoms in total. The first-order valence-corrected chi connectivity index (χ1v) is 32.6. The molecule has 0 amide bonds. The molecule has 1 unspecified atom stereocenters. The van der Waals surface area contributed by atoms with E-state index in [9.17, 15) is 14.4 Å². The molecule has 0 aliphatic carbocycles. The van der Waals surface area contributed by atoms with Crippen molar-refractivity contribution < 1.29 is 28.6 Å². The lowest BCUT2D eigenvalue weighted by atomic mass is 10.0. The van der Waals surface area contributed by atoms with Gasteiger partial charge in [0.2, 0.25) is 0 Å². The van der Waals surface area contributed by atoms with Crippen molar-refractivity contribution in [2.24, 2.45) is 0 Å². The van der Waals surface area contributed by atoms with Gasteiger partial charge in [-0.2, -0.15) is 0 Å². The zero-order chi connectivity index (χ0) is 55.0. The van der Waals surface area contributed by atoms with Crippen LogP contribution in [-0.4, -0.2) is 37.2 Å². The van der Waals surface area contributed by atoms with Crippen LogP contribution in [0.25, 0.3) is 0 Å². The van der Waals surface area contributed by atoms with E-state index in [4.69, 9.17) is 14.2 Å². The molecule has 0 heterocycles. The van der Waals surface area contributed by atoms with Crippen LogP contribution in [0, 0.1) is 0 Å². The maximum absolute atomic E-state index is 12.9. The Balaban J connectivity index is 4.40. The van der Waals surface area contributed by atoms with Gasteiger partial charge in [0.1, 0.15) is 13.2 Å². The third kappa shape index (κ3) is 61.4. The monoisotopic (exact) mass is 1060 g/mol. The Bertz CT molecular complexity index is 1450. The average Bonchev–Trinajstić information content (AvgIpc) is 3.42. The Hall–Kier alpha value is -3.41. The van der Waals surface area contributed by atoms with Crippen LogP contribution in [0.4, 0.5) is 0 Å². The van der Waals surface area contributed by atoms with E-state index in [1.54, 1.807) is 6.08 Å². The maximum Gasteiger partial charge on any atom is 0.309 e. The molecule has 1 atom stereocenters. The highest BCUT2D eigenvalue weighted by atomic mass is 16.6. The van der Waals surface area contributed by atoms with E-state index in [0.717, 1.165) is 77.0 Å². The molecule has 0 radical (unpaired) electrons. The van der Waals surface area contributed by atoms with Crippen LogP contribution < -0.4 is 0 Å². The van der Waals surface area contributed by atoms with Crippen LogP contribution in [0.2, 0.25) is 0 Å². The van der Waals surface area contributed by atoms with Gasteiger partial charge in [-0.1, -0.05) is 311 Å². The molecule has 0 aliphatic rings. The van der Waals surface area contributed by atoms with Crippen LogP contribution in [0.15, 0.2) is 85.1 Å². The molecule has 438 valence electrons. The number of carbonyl (C=O) groups is 3. The van der Waals surface area contributed by atoms with Crippen molar-refractivity contribution in [1.29, 1.82) is 0 Å². The fourth-order valence-electron chi connectivity index (χ4n) is 9.31. The standard InChI is InChI=1S/C70H122O6/c1-4-7-10-13-16-19-22-25-28-30-32-34-36-37-39-42-45-48-51-54-57-60-63-69(72)75-66-67(65-74-68(71)62-59-56-53-50-47-44-41-27-24-21-18-15-12-9-6-3)76-70(73)64-61-58-55-52-49-46-43-40-38-35-33-31-29-26-23-20-17-14-11-8-5-2/h9,12,18,21,23,26-27,31,33,41,47,50,56,59,67H,4-8,10-11,13-17,19-20,22,24-25,28-30,32,34-40,42-46,48-49,51-55,57-58,60-66H2,1-3H3/b12-9-,21-18-,26-23-,33-31-,41-27-,50-47-,59-56-. The lowest BCUT2D eigenvalue weighted by Gasteiger charge is -2.18. The van der Waals surface area contributed by atoms with E-state index in [1.807, 2.05) is 6.08 Å².